The van der Waals surface area contributed by atoms with E-state index >= 15 is 0 Å². The summed E-state index contributed by atoms with van der Waals surface area (Å²) in [4.78, 5) is 23.7. The van der Waals surface area contributed by atoms with Gasteiger partial charge >= 0.3 is 0 Å². The third-order valence-electron chi connectivity index (χ3n) is 4.19. The summed E-state index contributed by atoms with van der Waals surface area (Å²) in [6.07, 6.45) is 6.01. The van der Waals surface area contributed by atoms with Gasteiger partial charge in [-0.15, -0.1) is 10.2 Å². The molecule has 2 aromatic rings. The highest BCUT2D eigenvalue weighted by molar-refractivity contribution is 7.99. The number of nitrogens with zero attached hydrogens (tertiary/aromatic N) is 2. The summed E-state index contributed by atoms with van der Waals surface area (Å²) in [7, 11) is 0. The van der Waals surface area contributed by atoms with Crippen LogP contribution >= 0.6 is 11.8 Å². The lowest BCUT2D eigenvalue weighted by molar-refractivity contribution is -0.128. The van der Waals surface area contributed by atoms with Gasteiger partial charge in [0.15, 0.2) is 0 Å². The predicted molar refractivity (Wildman–Crippen MR) is 94.1 cm³/mol. The average Bonchev–Trinajstić information content (AvgIpc) is 3.10. The zero-order valence-corrected chi connectivity index (χ0v) is 14.8. The van der Waals surface area contributed by atoms with E-state index in [0.29, 0.717) is 17.0 Å². The Morgan fingerprint density at radius 1 is 1.08 bits per heavy atom. The summed E-state index contributed by atoms with van der Waals surface area (Å²) in [6, 6.07) is 9.31. The second kappa shape index (κ2) is 8.80. The maximum Gasteiger partial charge on any atom is 0.277 e. The Kier molecular flexibility index (Phi) is 6.22. The molecule has 1 aromatic heterocycles. The summed E-state index contributed by atoms with van der Waals surface area (Å²) in [5.74, 6) is 0.417. The zero-order chi connectivity index (χ0) is 17.5. The summed E-state index contributed by atoms with van der Waals surface area (Å²) in [5, 5.41) is 10.9. The molecule has 7 heteroatoms. The summed E-state index contributed by atoms with van der Waals surface area (Å²) < 4.78 is 5.65. The minimum absolute atomic E-state index is 0.0762. The molecule has 0 aliphatic heterocycles. The Morgan fingerprint density at radius 3 is 2.60 bits per heavy atom. The van der Waals surface area contributed by atoms with Crippen LogP contribution in [-0.2, 0) is 16.0 Å². The van der Waals surface area contributed by atoms with Gasteiger partial charge in [-0.05, 0) is 18.4 Å². The lowest BCUT2D eigenvalue weighted by Gasteiger charge is -2.17. The first-order valence-corrected chi connectivity index (χ1v) is 9.52. The Bertz CT molecular complexity index is 711. The number of benzene rings is 1. The third-order valence-corrected chi connectivity index (χ3v) is 5.01. The highest BCUT2D eigenvalue weighted by Crippen LogP contribution is 2.32. The van der Waals surface area contributed by atoms with Gasteiger partial charge in [-0.3, -0.25) is 14.9 Å². The molecule has 0 radical (unpaired) electrons. The van der Waals surface area contributed by atoms with Crippen molar-refractivity contribution in [3.8, 4) is 0 Å². The van der Waals surface area contributed by atoms with E-state index in [1.54, 1.807) is 0 Å². The number of carbonyl (C=O) groups excluding carboxylic acids is 2. The van der Waals surface area contributed by atoms with Crippen LogP contribution in [0.15, 0.2) is 40.0 Å². The zero-order valence-electron chi connectivity index (χ0n) is 13.9. The maximum atomic E-state index is 11.9. The molecule has 1 aromatic carbocycles. The molecule has 0 saturated heterocycles. The Morgan fingerprint density at radius 2 is 1.84 bits per heavy atom. The van der Waals surface area contributed by atoms with Crippen LogP contribution in [0.2, 0.25) is 0 Å². The average molecular weight is 359 g/mol. The van der Waals surface area contributed by atoms with Gasteiger partial charge in [0.05, 0.1) is 12.2 Å². The van der Waals surface area contributed by atoms with Crippen molar-refractivity contribution in [3.63, 3.8) is 0 Å². The van der Waals surface area contributed by atoms with E-state index in [1.165, 1.54) is 19.3 Å². The molecular weight excluding hydrogens is 338 g/mol. The molecule has 0 atom stereocenters. The van der Waals surface area contributed by atoms with Gasteiger partial charge in [-0.2, -0.15) is 0 Å². The highest BCUT2D eigenvalue weighted by Gasteiger charge is 2.21. The SMILES string of the molecule is O=C(CSc1nnc(C2CCCCC2)o1)NC(=O)Cc1ccccc1. The van der Waals surface area contributed by atoms with Crippen LogP contribution in [0, 0.1) is 0 Å². The molecule has 1 saturated carbocycles. The van der Waals surface area contributed by atoms with Gasteiger partial charge in [0.25, 0.3) is 5.22 Å². The molecule has 2 amide bonds. The number of hydrogen-bond donors (Lipinski definition) is 1. The van der Waals surface area contributed by atoms with Crippen molar-refractivity contribution in [2.45, 2.75) is 49.7 Å². The van der Waals surface area contributed by atoms with Gasteiger partial charge in [0.2, 0.25) is 17.7 Å². The van der Waals surface area contributed by atoms with E-state index in [4.69, 9.17) is 4.42 Å². The minimum Gasteiger partial charge on any atom is -0.416 e. The van der Waals surface area contributed by atoms with Crippen molar-refractivity contribution in [3.05, 3.63) is 41.8 Å². The Hall–Kier alpha value is -2.15. The molecule has 1 N–H and O–H groups in total. The molecule has 0 bridgehead atoms. The second-order valence-electron chi connectivity index (χ2n) is 6.16. The fourth-order valence-electron chi connectivity index (χ4n) is 2.94. The molecule has 0 spiro atoms. The van der Waals surface area contributed by atoms with Gasteiger partial charge in [0, 0.05) is 5.92 Å². The molecule has 1 aliphatic rings. The number of amides is 2. The van der Waals surface area contributed by atoms with Gasteiger partial charge in [0.1, 0.15) is 0 Å². The number of hydrogen-bond acceptors (Lipinski definition) is 6. The number of rotatable bonds is 6. The van der Waals surface area contributed by atoms with Crippen LogP contribution in [0.1, 0.15) is 49.5 Å². The van der Waals surface area contributed by atoms with Gasteiger partial charge < -0.3 is 4.42 Å². The van der Waals surface area contributed by atoms with Crippen molar-refractivity contribution in [2.75, 3.05) is 5.75 Å². The van der Waals surface area contributed by atoms with Crippen LogP contribution in [-0.4, -0.2) is 27.8 Å². The molecule has 3 rings (SSSR count). The summed E-state index contributed by atoms with van der Waals surface area (Å²) in [5.41, 5.74) is 0.870. The van der Waals surface area contributed by atoms with Crippen molar-refractivity contribution in [1.29, 1.82) is 0 Å². The summed E-state index contributed by atoms with van der Waals surface area (Å²) >= 11 is 1.16. The van der Waals surface area contributed by atoms with Gasteiger partial charge in [-0.25, -0.2) is 0 Å². The van der Waals surface area contributed by atoms with Crippen LogP contribution < -0.4 is 5.32 Å². The van der Waals surface area contributed by atoms with E-state index in [2.05, 4.69) is 15.5 Å². The smallest absolute Gasteiger partial charge is 0.277 e. The molecule has 132 valence electrons. The Balaban J connectivity index is 1.43. The molecule has 1 heterocycles. The van der Waals surface area contributed by atoms with Gasteiger partial charge in [-0.1, -0.05) is 61.4 Å². The topological polar surface area (TPSA) is 85.1 Å². The largest absolute Gasteiger partial charge is 0.416 e. The molecule has 1 aliphatic carbocycles. The first kappa shape index (κ1) is 17.7. The van der Waals surface area contributed by atoms with Crippen molar-refractivity contribution in [1.82, 2.24) is 15.5 Å². The standard InChI is InChI=1S/C18H21N3O3S/c22-15(11-13-7-3-1-4-8-13)19-16(23)12-25-18-21-20-17(24-18)14-9-5-2-6-10-14/h1,3-4,7-8,14H,2,5-6,9-12H2,(H,19,22,23). The fourth-order valence-corrected chi connectivity index (χ4v) is 3.51. The van der Waals surface area contributed by atoms with E-state index in [1.807, 2.05) is 30.3 Å². The first-order chi connectivity index (χ1) is 12.2. The fraction of sp³-hybridized carbons (Fsp3) is 0.444. The number of nitrogens with one attached hydrogen (secondary N) is 1. The van der Waals surface area contributed by atoms with E-state index in [0.717, 1.165) is 30.2 Å². The number of thioether (sulfide) groups is 1. The molecule has 0 unspecified atom stereocenters. The van der Waals surface area contributed by atoms with E-state index in [-0.39, 0.29) is 24.0 Å². The summed E-state index contributed by atoms with van der Waals surface area (Å²) in [6.45, 7) is 0. The quantitative estimate of drug-likeness (QED) is 0.798. The lowest BCUT2D eigenvalue weighted by atomic mass is 9.89. The van der Waals surface area contributed by atoms with Crippen LogP contribution in [0.4, 0.5) is 0 Å². The molecular formula is C18H21N3O3S. The Labute approximate surface area is 150 Å². The molecule has 1 fully saturated rings. The normalized spacial score (nSPS) is 15.0. The minimum atomic E-state index is -0.358. The highest BCUT2D eigenvalue weighted by atomic mass is 32.2. The molecule has 25 heavy (non-hydrogen) atoms. The lowest BCUT2D eigenvalue weighted by Crippen LogP contribution is -2.33. The third kappa shape index (κ3) is 5.42. The number of carbonyl (C=O) groups is 2. The predicted octanol–water partition coefficient (Wildman–Crippen LogP) is 3.09. The second-order valence-corrected chi connectivity index (χ2v) is 7.09. The van der Waals surface area contributed by atoms with Crippen LogP contribution in [0.3, 0.4) is 0 Å². The van der Waals surface area contributed by atoms with Crippen molar-refractivity contribution in [2.24, 2.45) is 0 Å². The molecule has 6 nitrogen and oxygen atoms in total. The first-order valence-electron chi connectivity index (χ1n) is 8.53. The maximum absolute atomic E-state index is 11.9. The van der Waals surface area contributed by atoms with Crippen LogP contribution in [0.5, 0.6) is 0 Å². The van der Waals surface area contributed by atoms with Crippen molar-refractivity contribution < 1.29 is 14.0 Å². The monoisotopic (exact) mass is 359 g/mol. The van der Waals surface area contributed by atoms with Crippen molar-refractivity contribution >= 4 is 23.6 Å². The van der Waals surface area contributed by atoms with E-state index in [9.17, 15) is 9.59 Å². The van der Waals surface area contributed by atoms with E-state index < -0.39 is 0 Å². The number of aromatic nitrogens is 2. The number of imide groups is 1. The van der Waals surface area contributed by atoms with Crippen LogP contribution in [0.25, 0.3) is 0 Å².